The molecule has 1 aliphatic rings. The number of anilines is 1. The highest BCUT2D eigenvalue weighted by atomic mass is 79.9. The fourth-order valence-corrected chi connectivity index (χ4v) is 2.52. The number of hydrogen-bond acceptors (Lipinski definition) is 2. The van der Waals surface area contributed by atoms with Crippen LogP contribution in [0.15, 0.2) is 28.7 Å². The third-order valence-electron chi connectivity index (χ3n) is 3.63. The van der Waals surface area contributed by atoms with E-state index in [1.165, 1.54) is 31.5 Å². The summed E-state index contributed by atoms with van der Waals surface area (Å²) in [6.07, 6.45) is 4.11. The van der Waals surface area contributed by atoms with Crippen molar-refractivity contribution in [1.82, 2.24) is 4.90 Å². The molecule has 2 nitrogen and oxygen atoms in total. The van der Waals surface area contributed by atoms with E-state index in [-0.39, 0.29) is 0 Å². The lowest BCUT2D eigenvalue weighted by Gasteiger charge is -2.23. The van der Waals surface area contributed by atoms with Crippen molar-refractivity contribution in [1.29, 1.82) is 0 Å². The first-order valence-corrected chi connectivity index (χ1v) is 8.18. The summed E-state index contributed by atoms with van der Waals surface area (Å²) in [5.74, 6) is 0.806. The summed E-state index contributed by atoms with van der Waals surface area (Å²) in [6, 6.07) is 9.28. The number of hydrogen-bond donors (Lipinski definition) is 1. The second-order valence-corrected chi connectivity index (χ2v) is 6.80. The number of rotatable bonds is 8. The van der Waals surface area contributed by atoms with Crippen LogP contribution in [0.5, 0.6) is 0 Å². The van der Waals surface area contributed by atoms with Crippen molar-refractivity contribution in [3.05, 3.63) is 28.7 Å². The lowest BCUT2D eigenvalue weighted by Crippen LogP contribution is -2.32. The highest BCUT2D eigenvalue weighted by Gasteiger charge is 2.28. The molecule has 0 atom stereocenters. The van der Waals surface area contributed by atoms with E-state index in [9.17, 15) is 0 Å². The Hall–Kier alpha value is -0.540. The molecule has 1 N–H and O–H groups in total. The van der Waals surface area contributed by atoms with Crippen molar-refractivity contribution in [3.8, 4) is 0 Å². The van der Waals surface area contributed by atoms with Crippen molar-refractivity contribution in [2.75, 3.05) is 25.0 Å². The maximum absolute atomic E-state index is 3.51. The first-order valence-electron chi connectivity index (χ1n) is 7.38. The maximum atomic E-state index is 3.51. The second-order valence-electron chi connectivity index (χ2n) is 5.88. The number of benzene rings is 1. The molecule has 1 fully saturated rings. The van der Waals surface area contributed by atoms with Gasteiger partial charge in [0.05, 0.1) is 0 Å². The van der Waals surface area contributed by atoms with Crippen molar-refractivity contribution in [3.63, 3.8) is 0 Å². The van der Waals surface area contributed by atoms with E-state index < -0.39 is 0 Å². The maximum Gasteiger partial charge on any atom is 0.0341 e. The first-order chi connectivity index (χ1) is 9.15. The fraction of sp³-hybridized carbons (Fsp3) is 0.625. The Morgan fingerprint density at radius 1 is 1.21 bits per heavy atom. The molecule has 0 aliphatic heterocycles. The van der Waals surface area contributed by atoms with Gasteiger partial charge in [0.15, 0.2) is 0 Å². The van der Waals surface area contributed by atoms with E-state index in [1.807, 2.05) is 0 Å². The van der Waals surface area contributed by atoms with Crippen LogP contribution < -0.4 is 5.32 Å². The molecule has 0 unspecified atom stereocenters. The third kappa shape index (κ3) is 5.53. The van der Waals surface area contributed by atoms with Crippen LogP contribution in [-0.4, -0.2) is 30.6 Å². The van der Waals surface area contributed by atoms with E-state index >= 15 is 0 Å². The van der Waals surface area contributed by atoms with Gasteiger partial charge in [-0.15, -0.1) is 0 Å². The predicted molar refractivity (Wildman–Crippen MR) is 86.7 cm³/mol. The smallest absolute Gasteiger partial charge is 0.0341 e. The quantitative estimate of drug-likeness (QED) is 0.763. The normalized spacial score (nSPS) is 15.2. The SMILES string of the molecule is CC(C)CCN(CCNc1ccc(Br)cc1)C1CC1. The predicted octanol–water partition coefficient (Wildman–Crippen LogP) is 4.37. The Morgan fingerprint density at radius 3 is 2.47 bits per heavy atom. The lowest BCUT2D eigenvalue weighted by molar-refractivity contribution is 0.257. The molecule has 3 heteroatoms. The zero-order valence-corrected chi connectivity index (χ0v) is 13.6. The van der Waals surface area contributed by atoms with E-state index in [0.29, 0.717) is 0 Å². The summed E-state index contributed by atoms with van der Waals surface area (Å²) in [4.78, 5) is 2.66. The van der Waals surface area contributed by atoms with Gasteiger partial charge in [-0.3, -0.25) is 4.90 Å². The van der Waals surface area contributed by atoms with Crippen LogP contribution in [0.25, 0.3) is 0 Å². The van der Waals surface area contributed by atoms with Crippen molar-refractivity contribution < 1.29 is 0 Å². The molecular formula is C16H25BrN2. The van der Waals surface area contributed by atoms with Gasteiger partial charge in [0.25, 0.3) is 0 Å². The monoisotopic (exact) mass is 324 g/mol. The zero-order valence-electron chi connectivity index (χ0n) is 12.0. The topological polar surface area (TPSA) is 15.3 Å². The van der Waals surface area contributed by atoms with Crippen LogP contribution in [0.2, 0.25) is 0 Å². The number of halogens is 1. The highest BCUT2D eigenvalue weighted by molar-refractivity contribution is 9.10. The molecule has 1 aliphatic carbocycles. The van der Waals surface area contributed by atoms with Gasteiger partial charge >= 0.3 is 0 Å². The van der Waals surface area contributed by atoms with Gasteiger partial charge in [0.2, 0.25) is 0 Å². The van der Waals surface area contributed by atoms with E-state index in [1.54, 1.807) is 0 Å². The largest absolute Gasteiger partial charge is 0.384 e. The molecule has 2 rings (SSSR count). The van der Waals surface area contributed by atoms with Crippen molar-refractivity contribution in [2.24, 2.45) is 5.92 Å². The summed E-state index contributed by atoms with van der Waals surface area (Å²) < 4.78 is 1.13. The Kier molecular flexibility index (Phi) is 5.71. The molecule has 0 heterocycles. The van der Waals surface area contributed by atoms with E-state index in [4.69, 9.17) is 0 Å². The van der Waals surface area contributed by atoms with E-state index in [0.717, 1.165) is 29.5 Å². The summed E-state index contributed by atoms with van der Waals surface area (Å²) >= 11 is 3.46. The average molecular weight is 325 g/mol. The van der Waals surface area contributed by atoms with Gasteiger partial charge in [-0.2, -0.15) is 0 Å². The van der Waals surface area contributed by atoms with E-state index in [2.05, 4.69) is 64.3 Å². The molecule has 19 heavy (non-hydrogen) atoms. The molecule has 0 amide bonds. The number of nitrogens with zero attached hydrogens (tertiary/aromatic N) is 1. The molecule has 1 aromatic carbocycles. The zero-order chi connectivity index (χ0) is 13.7. The van der Waals surface area contributed by atoms with Crippen molar-refractivity contribution in [2.45, 2.75) is 39.2 Å². The van der Waals surface area contributed by atoms with Crippen molar-refractivity contribution >= 4 is 21.6 Å². The Morgan fingerprint density at radius 2 is 1.89 bits per heavy atom. The molecule has 1 aromatic rings. The molecule has 0 bridgehead atoms. The van der Waals surface area contributed by atoms with Crippen LogP contribution in [0, 0.1) is 5.92 Å². The third-order valence-corrected chi connectivity index (χ3v) is 4.16. The van der Waals surface area contributed by atoms with Crippen LogP contribution in [0.1, 0.15) is 33.1 Å². The van der Waals surface area contributed by atoms with Gasteiger partial charge in [-0.25, -0.2) is 0 Å². The van der Waals surface area contributed by atoms with Crippen LogP contribution >= 0.6 is 15.9 Å². The average Bonchev–Trinajstić information content (AvgIpc) is 3.20. The summed E-state index contributed by atoms with van der Waals surface area (Å²) in [5.41, 5.74) is 1.21. The molecule has 1 saturated carbocycles. The van der Waals surface area contributed by atoms with Crippen LogP contribution in [0.4, 0.5) is 5.69 Å². The molecule has 0 aromatic heterocycles. The van der Waals surface area contributed by atoms with Crippen LogP contribution in [-0.2, 0) is 0 Å². The summed E-state index contributed by atoms with van der Waals surface area (Å²) in [7, 11) is 0. The molecule has 0 radical (unpaired) electrons. The minimum Gasteiger partial charge on any atom is -0.384 e. The van der Waals surface area contributed by atoms with Gasteiger partial charge in [0, 0.05) is 29.3 Å². The minimum absolute atomic E-state index is 0.806. The van der Waals surface area contributed by atoms with Gasteiger partial charge < -0.3 is 5.32 Å². The molecule has 106 valence electrons. The molecular weight excluding hydrogens is 300 g/mol. The second kappa shape index (κ2) is 7.30. The van der Waals surface area contributed by atoms with Gasteiger partial charge in [-0.05, 0) is 56.0 Å². The Labute approximate surface area is 125 Å². The Balaban J connectivity index is 1.71. The fourth-order valence-electron chi connectivity index (χ4n) is 2.25. The minimum atomic E-state index is 0.806. The standard InChI is InChI=1S/C16H25BrN2/c1-13(2)9-11-19(16-7-8-16)12-10-18-15-5-3-14(17)4-6-15/h3-6,13,16,18H,7-12H2,1-2H3. The summed E-state index contributed by atoms with van der Waals surface area (Å²) in [6.45, 7) is 8.07. The van der Waals surface area contributed by atoms with Crippen LogP contribution in [0.3, 0.4) is 0 Å². The number of nitrogens with one attached hydrogen (secondary N) is 1. The molecule has 0 spiro atoms. The highest BCUT2D eigenvalue weighted by Crippen LogP contribution is 2.27. The lowest BCUT2D eigenvalue weighted by atomic mass is 10.1. The van der Waals surface area contributed by atoms with Gasteiger partial charge in [-0.1, -0.05) is 29.8 Å². The van der Waals surface area contributed by atoms with Gasteiger partial charge in [0.1, 0.15) is 0 Å². The molecule has 0 saturated heterocycles. The summed E-state index contributed by atoms with van der Waals surface area (Å²) in [5, 5.41) is 3.51. The Bertz CT molecular complexity index is 371. The first kappa shape index (κ1) is 14.9.